The molecule has 0 unspecified atom stereocenters. The molecule has 1 aromatic rings. The molecule has 2 aliphatic rings. The molecule has 1 atom stereocenters. The zero-order valence-corrected chi connectivity index (χ0v) is 14.3. The number of piperidine rings is 1. The number of amides is 1. The average molecular weight is 327 g/mol. The van der Waals surface area contributed by atoms with Crippen molar-refractivity contribution in [1.82, 2.24) is 9.80 Å². The van der Waals surface area contributed by atoms with Gasteiger partial charge in [0.25, 0.3) is 5.91 Å². The van der Waals surface area contributed by atoms with Crippen molar-refractivity contribution in [2.45, 2.75) is 25.8 Å². The number of morpholine rings is 1. The van der Waals surface area contributed by atoms with E-state index in [1.54, 1.807) is 24.3 Å². The van der Waals surface area contributed by atoms with Gasteiger partial charge in [0.15, 0.2) is 0 Å². The molecular weight excluding hydrogens is 302 g/mol. The molecule has 1 aromatic carbocycles. The summed E-state index contributed by atoms with van der Waals surface area (Å²) in [6, 6.07) is 9.63. The molecule has 1 amide bonds. The summed E-state index contributed by atoms with van der Waals surface area (Å²) < 4.78 is 5.44. The highest BCUT2D eigenvalue weighted by molar-refractivity contribution is 5.94. The van der Waals surface area contributed by atoms with E-state index >= 15 is 0 Å². The van der Waals surface area contributed by atoms with Crippen LogP contribution in [0.1, 0.15) is 35.7 Å². The molecule has 24 heavy (non-hydrogen) atoms. The molecule has 2 fully saturated rings. The summed E-state index contributed by atoms with van der Waals surface area (Å²) in [5, 5.41) is 8.99. The van der Waals surface area contributed by atoms with E-state index in [1.165, 1.54) is 0 Å². The van der Waals surface area contributed by atoms with Crippen LogP contribution >= 0.6 is 0 Å². The summed E-state index contributed by atoms with van der Waals surface area (Å²) in [7, 11) is 0. The fourth-order valence-electron chi connectivity index (χ4n) is 3.77. The number of likely N-dealkylation sites (tertiary alicyclic amines) is 1. The molecular formula is C19H25N3O2. The first kappa shape index (κ1) is 16.9. The molecule has 0 radical (unpaired) electrons. The van der Waals surface area contributed by atoms with Gasteiger partial charge in [0.1, 0.15) is 0 Å². The Morgan fingerprint density at radius 2 is 1.96 bits per heavy atom. The van der Waals surface area contributed by atoms with Crippen LogP contribution in [0.4, 0.5) is 0 Å². The van der Waals surface area contributed by atoms with Gasteiger partial charge in [-0.1, -0.05) is 6.07 Å². The molecule has 5 heteroatoms. The number of benzene rings is 1. The Labute approximate surface area is 143 Å². The molecule has 0 saturated carbocycles. The Morgan fingerprint density at radius 1 is 1.25 bits per heavy atom. The van der Waals surface area contributed by atoms with Crippen molar-refractivity contribution in [2.24, 2.45) is 5.92 Å². The fraction of sp³-hybridized carbons (Fsp3) is 0.579. The van der Waals surface area contributed by atoms with Crippen LogP contribution in [0.3, 0.4) is 0 Å². The van der Waals surface area contributed by atoms with Gasteiger partial charge < -0.3 is 9.64 Å². The van der Waals surface area contributed by atoms with Crippen molar-refractivity contribution in [1.29, 1.82) is 5.26 Å². The third-order valence-corrected chi connectivity index (χ3v) is 5.37. The highest BCUT2D eigenvalue weighted by Gasteiger charge is 2.30. The molecule has 128 valence electrons. The molecule has 0 N–H and O–H groups in total. The third-order valence-electron chi connectivity index (χ3n) is 5.37. The molecule has 0 bridgehead atoms. The third kappa shape index (κ3) is 3.77. The van der Waals surface area contributed by atoms with Gasteiger partial charge in [-0.25, -0.2) is 0 Å². The maximum atomic E-state index is 12.6. The minimum Gasteiger partial charge on any atom is -0.379 e. The SMILES string of the molecule is C[C@H](C1CCN(C(=O)c2cccc(C#N)c2)CC1)N1CCOCC1. The van der Waals surface area contributed by atoms with E-state index in [0.29, 0.717) is 23.1 Å². The van der Waals surface area contributed by atoms with E-state index < -0.39 is 0 Å². The van der Waals surface area contributed by atoms with Crippen molar-refractivity contribution in [3.63, 3.8) is 0 Å². The van der Waals surface area contributed by atoms with Crippen LogP contribution in [-0.4, -0.2) is 61.1 Å². The van der Waals surface area contributed by atoms with Crippen LogP contribution in [-0.2, 0) is 4.74 Å². The first-order chi connectivity index (χ1) is 11.7. The number of carbonyl (C=O) groups excluding carboxylic acids is 1. The number of carbonyl (C=O) groups is 1. The predicted molar refractivity (Wildman–Crippen MR) is 91.6 cm³/mol. The molecule has 2 aliphatic heterocycles. The van der Waals surface area contributed by atoms with Crippen molar-refractivity contribution < 1.29 is 9.53 Å². The molecule has 0 aromatic heterocycles. The molecule has 2 heterocycles. The Morgan fingerprint density at radius 3 is 2.62 bits per heavy atom. The Hall–Kier alpha value is -1.90. The van der Waals surface area contributed by atoms with Crippen LogP contribution in [0.25, 0.3) is 0 Å². The van der Waals surface area contributed by atoms with Crippen LogP contribution in [0.2, 0.25) is 0 Å². The predicted octanol–water partition coefficient (Wildman–Crippen LogP) is 2.13. The maximum Gasteiger partial charge on any atom is 0.253 e. The van der Waals surface area contributed by atoms with E-state index in [9.17, 15) is 4.79 Å². The smallest absolute Gasteiger partial charge is 0.253 e. The Kier molecular flexibility index (Phi) is 5.49. The lowest BCUT2D eigenvalue weighted by Crippen LogP contribution is -2.49. The highest BCUT2D eigenvalue weighted by atomic mass is 16.5. The van der Waals surface area contributed by atoms with Crippen LogP contribution in [0.5, 0.6) is 0 Å². The minimum atomic E-state index is 0.0459. The summed E-state index contributed by atoms with van der Waals surface area (Å²) in [6.07, 6.45) is 2.09. The zero-order chi connectivity index (χ0) is 16.9. The lowest BCUT2D eigenvalue weighted by atomic mass is 9.89. The summed E-state index contributed by atoms with van der Waals surface area (Å²) in [5.74, 6) is 0.683. The lowest BCUT2D eigenvalue weighted by Gasteiger charge is -2.41. The number of hydrogen-bond donors (Lipinski definition) is 0. The Balaban J connectivity index is 1.56. The molecule has 5 nitrogen and oxygen atoms in total. The van der Waals surface area contributed by atoms with Gasteiger partial charge in [0, 0.05) is 37.8 Å². The summed E-state index contributed by atoms with van der Waals surface area (Å²) in [6.45, 7) is 7.60. The quantitative estimate of drug-likeness (QED) is 0.853. The van der Waals surface area contributed by atoms with E-state index in [1.807, 2.05) is 4.90 Å². The van der Waals surface area contributed by atoms with E-state index in [2.05, 4.69) is 17.9 Å². The summed E-state index contributed by atoms with van der Waals surface area (Å²) in [5.41, 5.74) is 1.16. The van der Waals surface area contributed by atoms with Crippen LogP contribution in [0, 0.1) is 17.2 Å². The highest BCUT2D eigenvalue weighted by Crippen LogP contribution is 2.25. The molecule has 0 aliphatic carbocycles. The molecule has 3 rings (SSSR count). The van der Waals surface area contributed by atoms with Crippen molar-refractivity contribution in [3.8, 4) is 6.07 Å². The van der Waals surface area contributed by atoms with E-state index in [-0.39, 0.29) is 5.91 Å². The lowest BCUT2D eigenvalue weighted by molar-refractivity contribution is -0.000951. The number of hydrogen-bond acceptors (Lipinski definition) is 4. The van der Waals surface area contributed by atoms with Gasteiger partial charge in [0.05, 0.1) is 24.8 Å². The Bertz CT molecular complexity index is 611. The van der Waals surface area contributed by atoms with Crippen LogP contribution in [0.15, 0.2) is 24.3 Å². The number of nitriles is 1. The second kappa shape index (κ2) is 7.78. The molecule has 2 saturated heterocycles. The average Bonchev–Trinajstić information content (AvgIpc) is 2.67. The van der Waals surface area contributed by atoms with Crippen LogP contribution < -0.4 is 0 Å². The second-order valence-electron chi connectivity index (χ2n) is 6.71. The number of rotatable bonds is 3. The van der Waals surface area contributed by atoms with Gasteiger partial charge in [0.2, 0.25) is 0 Å². The van der Waals surface area contributed by atoms with Gasteiger partial charge in [-0.3, -0.25) is 9.69 Å². The molecule has 0 spiro atoms. The van der Waals surface area contributed by atoms with E-state index in [0.717, 1.165) is 52.2 Å². The summed E-state index contributed by atoms with van der Waals surface area (Å²) >= 11 is 0. The van der Waals surface area contributed by atoms with Gasteiger partial charge in [-0.15, -0.1) is 0 Å². The second-order valence-corrected chi connectivity index (χ2v) is 6.71. The van der Waals surface area contributed by atoms with E-state index in [4.69, 9.17) is 10.00 Å². The van der Waals surface area contributed by atoms with Crippen molar-refractivity contribution >= 4 is 5.91 Å². The van der Waals surface area contributed by atoms with Gasteiger partial charge in [-0.05, 0) is 43.9 Å². The standard InChI is InChI=1S/C19H25N3O2/c1-15(21-9-11-24-12-10-21)17-5-7-22(8-6-17)19(23)18-4-2-3-16(13-18)14-20/h2-4,13,15,17H,5-12H2,1H3/t15-/m1/s1. The summed E-state index contributed by atoms with van der Waals surface area (Å²) in [4.78, 5) is 17.1. The first-order valence-electron chi connectivity index (χ1n) is 8.80. The van der Waals surface area contributed by atoms with Gasteiger partial charge >= 0.3 is 0 Å². The minimum absolute atomic E-state index is 0.0459. The number of ether oxygens (including phenoxy) is 1. The number of nitrogens with zero attached hydrogens (tertiary/aromatic N) is 3. The zero-order valence-electron chi connectivity index (χ0n) is 14.3. The van der Waals surface area contributed by atoms with Crippen molar-refractivity contribution in [3.05, 3.63) is 35.4 Å². The van der Waals surface area contributed by atoms with Gasteiger partial charge in [-0.2, -0.15) is 5.26 Å². The topological polar surface area (TPSA) is 56.6 Å². The maximum absolute atomic E-state index is 12.6. The largest absolute Gasteiger partial charge is 0.379 e. The first-order valence-corrected chi connectivity index (χ1v) is 8.80. The van der Waals surface area contributed by atoms with Crippen molar-refractivity contribution in [2.75, 3.05) is 39.4 Å². The monoisotopic (exact) mass is 327 g/mol. The fourth-order valence-corrected chi connectivity index (χ4v) is 3.77. The normalized spacial score (nSPS) is 21.2.